The highest BCUT2D eigenvalue weighted by atomic mass is 19.1. The lowest BCUT2D eigenvalue weighted by Gasteiger charge is -2.15. The lowest BCUT2D eigenvalue weighted by molar-refractivity contribution is 0.0788. The van der Waals surface area contributed by atoms with Crippen molar-refractivity contribution in [3.05, 3.63) is 35.6 Å². The summed E-state index contributed by atoms with van der Waals surface area (Å²) in [4.78, 5) is 13.7. The molecule has 0 spiro atoms. The summed E-state index contributed by atoms with van der Waals surface area (Å²) >= 11 is 0. The first-order chi connectivity index (χ1) is 7.16. The van der Waals surface area contributed by atoms with E-state index in [9.17, 15) is 9.18 Å². The Morgan fingerprint density at radius 3 is 2.60 bits per heavy atom. The van der Waals surface area contributed by atoms with Crippen molar-refractivity contribution in [2.24, 2.45) is 5.92 Å². The van der Waals surface area contributed by atoms with Crippen LogP contribution in [0, 0.1) is 11.7 Å². The van der Waals surface area contributed by atoms with Gasteiger partial charge in [-0.05, 0) is 36.6 Å². The number of carbonyl (C=O) groups is 1. The zero-order valence-electron chi connectivity index (χ0n) is 8.74. The summed E-state index contributed by atoms with van der Waals surface area (Å²) in [6.45, 7) is 3.77. The standard InChI is InChI=1S/C12H14FNO/c1-9-6-7-14(8-9)12(15)10-2-4-11(13)5-3-10/h2-5,9H,6-8H2,1H3. The Bertz CT molecular complexity index is 360. The molecule has 1 aliphatic rings. The summed E-state index contributed by atoms with van der Waals surface area (Å²) < 4.78 is 12.7. The molecule has 1 atom stereocenters. The smallest absolute Gasteiger partial charge is 0.253 e. The van der Waals surface area contributed by atoms with Crippen molar-refractivity contribution in [2.45, 2.75) is 13.3 Å². The molecule has 0 bridgehead atoms. The van der Waals surface area contributed by atoms with Crippen LogP contribution in [-0.2, 0) is 0 Å². The number of amides is 1. The second-order valence-electron chi connectivity index (χ2n) is 4.15. The molecular weight excluding hydrogens is 193 g/mol. The maximum absolute atomic E-state index is 12.7. The number of nitrogens with zero attached hydrogens (tertiary/aromatic N) is 1. The van der Waals surface area contributed by atoms with E-state index in [-0.39, 0.29) is 11.7 Å². The molecule has 0 N–H and O–H groups in total. The Balaban J connectivity index is 2.11. The molecule has 1 saturated heterocycles. The topological polar surface area (TPSA) is 20.3 Å². The van der Waals surface area contributed by atoms with Crippen molar-refractivity contribution in [3.8, 4) is 0 Å². The van der Waals surface area contributed by atoms with E-state index in [1.54, 1.807) is 12.1 Å². The highest BCUT2D eigenvalue weighted by Gasteiger charge is 2.23. The third kappa shape index (κ3) is 2.17. The zero-order chi connectivity index (χ0) is 10.8. The van der Waals surface area contributed by atoms with Gasteiger partial charge in [-0.3, -0.25) is 4.79 Å². The number of hydrogen-bond donors (Lipinski definition) is 0. The molecule has 2 nitrogen and oxygen atoms in total. The molecule has 80 valence electrons. The van der Waals surface area contributed by atoms with Gasteiger partial charge >= 0.3 is 0 Å². The van der Waals surface area contributed by atoms with Crippen molar-refractivity contribution in [2.75, 3.05) is 13.1 Å². The molecule has 1 fully saturated rings. The molecule has 3 heteroatoms. The molecule has 15 heavy (non-hydrogen) atoms. The van der Waals surface area contributed by atoms with Crippen molar-refractivity contribution in [1.29, 1.82) is 0 Å². The van der Waals surface area contributed by atoms with Gasteiger partial charge in [0.25, 0.3) is 5.91 Å². The lowest BCUT2D eigenvalue weighted by atomic mass is 10.2. The summed E-state index contributed by atoms with van der Waals surface area (Å²) in [6.07, 6.45) is 1.06. The van der Waals surface area contributed by atoms with Crippen LogP contribution in [0.25, 0.3) is 0 Å². The molecule has 1 unspecified atom stereocenters. The van der Waals surface area contributed by atoms with Crippen molar-refractivity contribution < 1.29 is 9.18 Å². The third-order valence-corrected chi connectivity index (χ3v) is 2.80. The number of hydrogen-bond acceptors (Lipinski definition) is 1. The summed E-state index contributed by atoms with van der Waals surface area (Å²) in [5.41, 5.74) is 0.575. The lowest BCUT2D eigenvalue weighted by Crippen LogP contribution is -2.28. The SMILES string of the molecule is CC1CCN(C(=O)c2ccc(F)cc2)C1. The van der Waals surface area contributed by atoms with E-state index in [2.05, 4.69) is 6.92 Å². The van der Waals surface area contributed by atoms with Crippen LogP contribution in [0.1, 0.15) is 23.7 Å². The van der Waals surface area contributed by atoms with Gasteiger partial charge in [0.2, 0.25) is 0 Å². The van der Waals surface area contributed by atoms with E-state index in [1.165, 1.54) is 12.1 Å². The van der Waals surface area contributed by atoms with E-state index >= 15 is 0 Å². The third-order valence-electron chi connectivity index (χ3n) is 2.80. The molecule has 1 aliphatic heterocycles. The second kappa shape index (κ2) is 4.01. The molecule has 1 aromatic rings. The number of halogens is 1. The van der Waals surface area contributed by atoms with Crippen LogP contribution in [0.2, 0.25) is 0 Å². The van der Waals surface area contributed by atoms with Crippen LogP contribution in [0.5, 0.6) is 0 Å². The first-order valence-corrected chi connectivity index (χ1v) is 5.21. The van der Waals surface area contributed by atoms with Crippen LogP contribution in [0.4, 0.5) is 4.39 Å². The minimum atomic E-state index is -0.304. The number of carbonyl (C=O) groups excluding carboxylic acids is 1. The number of benzene rings is 1. The van der Waals surface area contributed by atoms with E-state index in [1.807, 2.05) is 4.90 Å². The van der Waals surface area contributed by atoms with Crippen molar-refractivity contribution in [3.63, 3.8) is 0 Å². The monoisotopic (exact) mass is 207 g/mol. The van der Waals surface area contributed by atoms with Gasteiger partial charge in [-0.1, -0.05) is 6.92 Å². The summed E-state index contributed by atoms with van der Waals surface area (Å²) in [5, 5.41) is 0. The Morgan fingerprint density at radius 1 is 1.40 bits per heavy atom. The quantitative estimate of drug-likeness (QED) is 0.692. The minimum absolute atomic E-state index is 0.0133. The average Bonchev–Trinajstić information content (AvgIpc) is 2.65. The molecule has 1 aromatic carbocycles. The van der Waals surface area contributed by atoms with Gasteiger partial charge < -0.3 is 4.90 Å². The zero-order valence-corrected chi connectivity index (χ0v) is 8.74. The molecule has 0 saturated carbocycles. The van der Waals surface area contributed by atoms with Gasteiger partial charge in [-0.25, -0.2) is 4.39 Å². The van der Waals surface area contributed by atoms with Crippen LogP contribution < -0.4 is 0 Å². The molecule has 0 aliphatic carbocycles. The molecule has 0 radical (unpaired) electrons. The number of rotatable bonds is 1. The predicted molar refractivity (Wildman–Crippen MR) is 56.1 cm³/mol. The van der Waals surface area contributed by atoms with Gasteiger partial charge in [0.05, 0.1) is 0 Å². The average molecular weight is 207 g/mol. The molecule has 0 aromatic heterocycles. The van der Waals surface area contributed by atoms with Gasteiger partial charge in [0.1, 0.15) is 5.82 Å². The van der Waals surface area contributed by atoms with Gasteiger partial charge in [-0.2, -0.15) is 0 Å². The van der Waals surface area contributed by atoms with Gasteiger partial charge in [-0.15, -0.1) is 0 Å². The molecule has 1 heterocycles. The maximum atomic E-state index is 12.7. The first-order valence-electron chi connectivity index (χ1n) is 5.21. The summed E-state index contributed by atoms with van der Waals surface area (Å²) in [6, 6.07) is 5.74. The van der Waals surface area contributed by atoms with Crippen LogP contribution in [0.15, 0.2) is 24.3 Å². The maximum Gasteiger partial charge on any atom is 0.253 e. The first kappa shape index (κ1) is 10.1. The van der Waals surface area contributed by atoms with E-state index in [0.29, 0.717) is 11.5 Å². The number of likely N-dealkylation sites (tertiary alicyclic amines) is 1. The Morgan fingerprint density at radius 2 is 2.07 bits per heavy atom. The van der Waals surface area contributed by atoms with Gasteiger partial charge in [0, 0.05) is 18.7 Å². The Hall–Kier alpha value is -1.38. The van der Waals surface area contributed by atoms with Crippen molar-refractivity contribution in [1.82, 2.24) is 4.90 Å². The van der Waals surface area contributed by atoms with Crippen molar-refractivity contribution >= 4 is 5.91 Å². The Labute approximate surface area is 88.7 Å². The predicted octanol–water partition coefficient (Wildman–Crippen LogP) is 2.31. The minimum Gasteiger partial charge on any atom is -0.338 e. The Kier molecular flexibility index (Phi) is 2.71. The fourth-order valence-electron chi connectivity index (χ4n) is 1.89. The molecule has 2 rings (SSSR count). The van der Waals surface area contributed by atoms with E-state index in [4.69, 9.17) is 0 Å². The normalized spacial score (nSPS) is 20.7. The largest absolute Gasteiger partial charge is 0.338 e. The van der Waals surface area contributed by atoms with Crippen LogP contribution in [-0.4, -0.2) is 23.9 Å². The molecule has 1 amide bonds. The fraction of sp³-hybridized carbons (Fsp3) is 0.417. The highest BCUT2D eigenvalue weighted by Crippen LogP contribution is 2.17. The van der Waals surface area contributed by atoms with Gasteiger partial charge in [0.15, 0.2) is 0 Å². The van der Waals surface area contributed by atoms with E-state index in [0.717, 1.165) is 19.5 Å². The molecular formula is C12H14FNO. The summed E-state index contributed by atoms with van der Waals surface area (Å²) in [5.74, 6) is 0.287. The second-order valence-corrected chi connectivity index (χ2v) is 4.15. The van der Waals surface area contributed by atoms with Crippen LogP contribution in [0.3, 0.4) is 0 Å². The highest BCUT2D eigenvalue weighted by molar-refractivity contribution is 5.94. The fourth-order valence-corrected chi connectivity index (χ4v) is 1.89. The van der Waals surface area contributed by atoms with E-state index < -0.39 is 0 Å². The summed E-state index contributed by atoms with van der Waals surface area (Å²) in [7, 11) is 0. The van der Waals surface area contributed by atoms with Crippen LogP contribution >= 0.6 is 0 Å².